The van der Waals surface area contributed by atoms with Crippen molar-refractivity contribution in [1.82, 2.24) is 5.32 Å². The summed E-state index contributed by atoms with van der Waals surface area (Å²) < 4.78 is 5.39. The van der Waals surface area contributed by atoms with E-state index in [4.69, 9.17) is 4.74 Å². The summed E-state index contributed by atoms with van der Waals surface area (Å²) in [4.78, 5) is 11.4. The van der Waals surface area contributed by atoms with Gasteiger partial charge in [0.2, 0.25) is 5.91 Å². The Hall–Kier alpha value is -0.0900. The van der Waals surface area contributed by atoms with Gasteiger partial charge in [-0.3, -0.25) is 4.79 Å². The zero-order valence-electron chi connectivity index (χ0n) is 9.73. The van der Waals surface area contributed by atoms with E-state index in [0.29, 0.717) is 5.41 Å². The van der Waals surface area contributed by atoms with Gasteiger partial charge in [-0.1, -0.05) is 15.9 Å². The maximum Gasteiger partial charge on any atom is 0.246 e. The molecule has 0 aliphatic heterocycles. The highest BCUT2D eigenvalue weighted by atomic mass is 79.9. The molecule has 88 valence electrons. The molecule has 0 aromatic rings. The van der Waals surface area contributed by atoms with Crippen LogP contribution in [-0.2, 0) is 9.53 Å². The third-order valence-electron chi connectivity index (χ3n) is 2.54. The fourth-order valence-electron chi connectivity index (χ4n) is 1.15. The maximum absolute atomic E-state index is 11.4. The van der Waals surface area contributed by atoms with Crippen LogP contribution >= 0.6 is 15.9 Å². The lowest BCUT2D eigenvalue weighted by Gasteiger charge is -2.19. The number of nitrogens with one attached hydrogen (secondary N) is 1. The molecule has 0 heterocycles. The smallest absolute Gasteiger partial charge is 0.246 e. The topological polar surface area (TPSA) is 38.3 Å². The van der Waals surface area contributed by atoms with Crippen molar-refractivity contribution >= 4 is 21.8 Å². The first-order valence-electron chi connectivity index (χ1n) is 5.34. The molecule has 3 nitrogen and oxygen atoms in total. The molecule has 1 rings (SSSR count). The van der Waals surface area contributed by atoms with Gasteiger partial charge < -0.3 is 10.1 Å². The summed E-state index contributed by atoms with van der Waals surface area (Å²) in [6.07, 6.45) is 2.41. The number of carbonyl (C=O) groups excluding carboxylic acids is 1. The van der Waals surface area contributed by atoms with E-state index >= 15 is 0 Å². The molecule has 1 fully saturated rings. The van der Waals surface area contributed by atoms with E-state index in [1.807, 2.05) is 20.8 Å². The largest absolute Gasteiger partial charge is 0.366 e. The van der Waals surface area contributed by atoms with Crippen LogP contribution < -0.4 is 5.32 Å². The van der Waals surface area contributed by atoms with Crippen molar-refractivity contribution in [2.75, 3.05) is 18.5 Å². The average molecular weight is 278 g/mol. The number of hydrogen-bond acceptors (Lipinski definition) is 2. The van der Waals surface area contributed by atoms with Gasteiger partial charge in [0.15, 0.2) is 0 Å². The van der Waals surface area contributed by atoms with Gasteiger partial charge in [-0.25, -0.2) is 0 Å². The number of carbonyl (C=O) groups is 1. The Kier molecular flexibility index (Phi) is 4.18. The van der Waals surface area contributed by atoms with Crippen molar-refractivity contribution in [2.45, 2.75) is 39.2 Å². The van der Waals surface area contributed by atoms with Gasteiger partial charge in [0.1, 0.15) is 6.61 Å². The van der Waals surface area contributed by atoms with Crippen molar-refractivity contribution < 1.29 is 9.53 Å². The molecule has 0 saturated heterocycles. The minimum absolute atomic E-state index is 0.0165. The molecule has 0 atom stereocenters. The molecule has 0 radical (unpaired) electrons. The normalized spacial score (nSPS) is 18.7. The molecule has 0 aromatic heterocycles. The zero-order chi connectivity index (χ0) is 11.5. The number of amides is 1. The van der Waals surface area contributed by atoms with Crippen LogP contribution in [0.15, 0.2) is 0 Å². The Labute approximate surface area is 100 Å². The van der Waals surface area contributed by atoms with Gasteiger partial charge in [-0.15, -0.1) is 0 Å². The fraction of sp³-hybridized carbons (Fsp3) is 0.909. The van der Waals surface area contributed by atoms with Crippen molar-refractivity contribution in [3.8, 4) is 0 Å². The predicted octanol–water partition coefficient (Wildman–Crippen LogP) is 2.09. The lowest BCUT2D eigenvalue weighted by Crippen LogP contribution is -2.35. The lowest BCUT2D eigenvalue weighted by molar-refractivity contribution is -0.130. The molecule has 1 aliphatic rings. The van der Waals surface area contributed by atoms with Crippen molar-refractivity contribution in [2.24, 2.45) is 5.41 Å². The average Bonchev–Trinajstić information content (AvgIpc) is 2.91. The SMILES string of the molecule is CC(C)(C)OCC(=O)NCC1(CBr)CC1. The Morgan fingerprint density at radius 2 is 2.07 bits per heavy atom. The van der Waals surface area contributed by atoms with Gasteiger partial charge in [0.05, 0.1) is 5.60 Å². The maximum atomic E-state index is 11.4. The quantitative estimate of drug-likeness (QED) is 0.782. The molecule has 1 aliphatic carbocycles. The fourth-order valence-corrected chi connectivity index (χ4v) is 1.91. The van der Waals surface area contributed by atoms with Crippen LogP contribution in [0.3, 0.4) is 0 Å². The van der Waals surface area contributed by atoms with Crippen molar-refractivity contribution in [3.63, 3.8) is 0 Å². The minimum Gasteiger partial charge on any atom is -0.366 e. The first kappa shape index (κ1) is 13.0. The van der Waals surface area contributed by atoms with Crippen LogP contribution in [-0.4, -0.2) is 30.0 Å². The summed E-state index contributed by atoms with van der Waals surface area (Å²) in [5.74, 6) is -0.0165. The second kappa shape index (κ2) is 4.83. The van der Waals surface area contributed by atoms with Gasteiger partial charge in [0, 0.05) is 11.9 Å². The van der Waals surface area contributed by atoms with Crippen molar-refractivity contribution in [1.29, 1.82) is 0 Å². The summed E-state index contributed by atoms with van der Waals surface area (Å²) >= 11 is 3.47. The van der Waals surface area contributed by atoms with E-state index in [9.17, 15) is 4.79 Å². The van der Waals surface area contributed by atoms with E-state index in [2.05, 4.69) is 21.2 Å². The van der Waals surface area contributed by atoms with Gasteiger partial charge in [-0.2, -0.15) is 0 Å². The molecule has 4 heteroatoms. The van der Waals surface area contributed by atoms with E-state index in [1.165, 1.54) is 12.8 Å². The molecule has 0 unspecified atom stereocenters. The number of alkyl halides is 1. The highest BCUT2D eigenvalue weighted by Crippen LogP contribution is 2.46. The second-order valence-corrected chi connectivity index (χ2v) is 5.87. The van der Waals surface area contributed by atoms with Crippen LogP contribution in [0.25, 0.3) is 0 Å². The van der Waals surface area contributed by atoms with Crippen LogP contribution in [0.5, 0.6) is 0 Å². The molecule has 0 bridgehead atoms. The minimum atomic E-state index is -0.246. The Balaban J connectivity index is 2.14. The second-order valence-electron chi connectivity index (χ2n) is 5.31. The monoisotopic (exact) mass is 277 g/mol. The van der Waals surface area contributed by atoms with E-state index in [-0.39, 0.29) is 18.1 Å². The number of hydrogen-bond donors (Lipinski definition) is 1. The van der Waals surface area contributed by atoms with Crippen LogP contribution in [0, 0.1) is 5.41 Å². The van der Waals surface area contributed by atoms with E-state index < -0.39 is 0 Å². The summed E-state index contributed by atoms with van der Waals surface area (Å²) in [5, 5.41) is 3.89. The summed E-state index contributed by atoms with van der Waals surface area (Å²) in [6, 6.07) is 0. The Morgan fingerprint density at radius 3 is 2.47 bits per heavy atom. The lowest BCUT2D eigenvalue weighted by atomic mass is 10.1. The first-order valence-corrected chi connectivity index (χ1v) is 6.46. The molecular formula is C11H20BrNO2. The highest BCUT2D eigenvalue weighted by Gasteiger charge is 2.41. The van der Waals surface area contributed by atoms with Gasteiger partial charge in [-0.05, 0) is 39.0 Å². The molecule has 0 aromatic carbocycles. The summed E-state index contributed by atoms with van der Waals surface area (Å²) in [6.45, 7) is 6.76. The van der Waals surface area contributed by atoms with Crippen molar-refractivity contribution in [3.05, 3.63) is 0 Å². The zero-order valence-corrected chi connectivity index (χ0v) is 11.3. The number of rotatable bonds is 5. The first-order chi connectivity index (χ1) is 6.87. The van der Waals surface area contributed by atoms with Crippen LogP contribution in [0.4, 0.5) is 0 Å². The summed E-state index contributed by atoms with van der Waals surface area (Å²) in [7, 11) is 0. The predicted molar refractivity (Wildman–Crippen MR) is 64.2 cm³/mol. The molecule has 15 heavy (non-hydrogen) atoms. The molecule has 1 N–H and O–H groups in total. The molecule has 1 amide bonds. The molecule has 0 spiro atoms. The number of ether oxygens (including phenoxy) is 1. The van der Waals surface area contributed by atoms with E-state index in [1.54, 1.807) is 0 Å². The molecular weight excluding hydrogens is 258 g/mol. The molecule has 1 saturated carbocycles. The highest BCUT2D eigenvalue weighted by molar-refractivity contribution is 9.09. The third-order valence-corrected chi connectivity index (χ3v) is 3.73. The van der Waals surface area contributed by atoms with Gasteiger partial charge >= 0.3 is 0 Å². The Bertz CT molecular complexity index is 231. The van der Waals surface area contributed by atoms with E-state index in [0.717, 1.165) is 11.9 Å². The summed E-state index contributed by atoms with van der Waals surface area (Å²) in [5.41, 5.74) is 0.0847. The number of halogens is 1. The van der Waals surface area contributed by atoms with Crippen LogP contribution in [0.1, 0.15) is 33.6 Å². The third kappa shape index (κ3) is 4.98. The Morgan fingerprint density at radius 1 is 1.47 bits per heavy atom. The van der Waals surface area contributed by atoms with Crippen LogP contribution in [0.2, 0.25) is 0 Å². The standard InChI is InChI=1S/C11H20BrNO2/c1-10(2,3)15-6-9(14)13-8-11(7-12)4-5-11/h4-8H2,1-3H3,(H,13,14). The van der Waals surface area contributed by atoms with Gasteiger partial charge in [0.25, 0.3) is 0 Å².